The Balaban J connectivity index is 2.24. The van der Waals surface area contributed by atoms with Crippen molar-refractivity contribution in [2.24, 2.45) is 0 Å². The number of benzene rings is 1. The highest BCUT2D eigenvalue weighted by Crippen LogP contribution is 2.20. The van der Waals surface area contributed by atoms with E-state index in [2.05, 4.69) is 67.3 Å². The van der Waals surface area contributed by atoms with Gasteiger partial charge in [0.1, 0.15) is 5.82 Å². The minimum Gasteiger partial charge on any atom is -0.345 e. The average Bonchev–Trinajstić information content (AvgIpc) is 2.80. The van der Waals surface area contributed by atoms with Gasteiger partial charge in [-0.2, -0.15) is 0 Å². The molecule has 2 rings (SSSR count). The number of rotatable bonds is 4. The molecule has 0 aliphatic rings. The number of imidazole rings is 1. The second-order valence-electron chi connectivity index (χ2n) is 3.67. The Labute approximate surface area is 109 Å². The van der Waals surface area contributed by atoms with E-state index in [-0.39, 0.29) is 0 Å². The second kappa shape index (κ2) is 5.45. The minimum atomic E-state index is 0.951. The molecule has 1 heterocycles. The monoisotopic (exact) mass is 327 g/mol. The van der Waals surface area contributed by atoms with Crippen LogP contribution >= 0.6 is 22.9 Å². The van der Waals surface area contributed by atoms with Crippen molar-refractivity contribution < 1.29 is 0 Å². The second-order valence-corrected chi connectivity index (χ2v) is 5.32. The number of halogens is 1. The van der Waals surface area contributed by atoms with E-state index in [4.69, 9.17) is 0 Å². The zero-order chi connectivity index (χ0) is 11.4. The molecule has 0 unspecified atom stereocenters. The molecule has 0 aliphatic carbocycles. The lowest BCUT2D eigenvalue weighted by Crippen LogP contribution is -2.09. The third-order valence-corrected chi connectivity index (χ3v) is 2.94. The van der Waals surface area contributed by atoms with Crippen LogP contribution in [-0.4, -0.2) is 26.7 Å². The summed E-state index contributed by atoms with van der Waals surface area (Å²) in [5.74, 6) is 0.951. The molecule has 1 aromatic heterocycles. The largest absolute Gasteiger partial charge is 0.345 e. The van der Waals surface area contributed by atoms with Crippen LogP contribution in [-0.2, 0) is 6.42 Å². The molecule has 4 heteroatoms. The van der Waals surface area contributed by atoms with Crippen LogP contribution in [0.2, 0.25) is 0 Å². The molecule has 0 amide bonds. The summed E-state index contributed by atoms with van der Waals surface area (Å²) in [6.45, 7) is 1.04. The lowest BCUT2D eigenvalue weighted by Gasteiger charge is -2.10. The van der Waals surface area contributed by atoms with Crippen LogP contribution in [0.1, 0.15) is 5.56 Å². The molecule has 0 fully saturated rings. The first-order chi connectivity index (χ1) is 7.77. The predicted octanol–water partition coefficient (Wildman–Crippen LogP) is 2.90. The van der Waals surface area contributed by atoms with Crippen LogP contribution in [0.25, 0.3) is 11.4 Å². The fourth-order valence-corrected chi connectivity index (χ4v) is 1.90. The van der Waals surface area contributed by atoms with E-state index < -0.39 is 0 Å². The van der Waals surface area contributed by atoms with Gasteiger partial charge >= 0.3 is 0 Å². The summed E-state index contributed by atoms with van der Waals surface area (Å²) in [5.41, 5.74) is 2.53. The topological polar surface area (TPSA) is 31.9 Å². The van der Waals surface area contributed by atoms with Crippen LogP contribution in [0, 0.1) is 0 Å². The molecule has 0 bridgehead atoms. The van der Waals surface area contributed by atoms with Gasteiger partial charge in [0, 0.05) is 47.4 Å². The van der Waals surface area contributed by atoms with Gasteiger partial charge in [-0.25, -0.2) is 4.98 Å². The van der Waals surface area contributed by atoms with Gasteiger partial charge < -0.3 is 4.98 Å². The van der Waals surface area contributed by atoms with Gasteiger partial charge in [-0.15, -0.1) is 0 Å². The van der Waals surface area contributed by atoms with Crippen molar-refractivity contribution in [2.75, 3.05) is 13.6 Å². The molecule has 84 valence electrons. The number of nitrogens with zero attached hydrogens (tertiary/aromatic N) is 2. The van der Waals surface area contributed by atoms with E-state index in [1.807, 2.05) is 6.20 Å². The molecule has 3 nitrogen and oxygen atoms in total. The van der Waals surface area contributed by atoms with E-state index in [0.29, 0.717) is 0 Å². The zero-order valence-electron chi connectivity index (χ0n) is 9.15. The van der Waals surface area contributed by atoms with Crippen molar-refractivity contribution in [3.05, 3.63) is 42.2 Å². The number of aromatic nitrogens is 2. The summed E-state index contributed by atoms with van der Waals surface area (Å²) in [7, 11) is 2.08. The van der Waals surface area contributed by atoms with Gasteiger partial charge in [0.05, 0.1) is 0 Å². The fourth-order valence-electron chi connectivity index (χ4n) is 1.66. The molecule has 0 aliphatic heterocycles. The number of nitrogens with one attached hydrogen (secondary N) is 1. The van der Waals surface area contributed by atoms with E-state index in [9.17, 15) is 0 Å². The van der Waals surface area contributed by atoms with Crippen LogP contribution in [0.15, 0.2) is 36.7 Å². The van der Waals surface area contributed by atoms with Crippen molar-refractivity contribution in [3.8, 4) is 11.4 Å². The highest BCUT2D eigenvalue weighted by Gasteiger charge is 2.06. The Bertz CT molecular complexity index is 437. The molecule has 0 spiro atoms. The Morgan fingerprint density at radius 2 is 2.19 bits per heavy atom. The van der Waals surface area contributed by atoms with E-state index in [1.165, 1.54) is 11.1 Å². The van der Waals surface area contributed by atoms with Crippen LogP contribution in [0.5, 0.6) is 0 Å². The highest BCUT2D eigenvalue weighted by molar-refractivity contribution is 14.1. The molecular weight excluding hydrogens is 313 g/mol. The number of H-pyrrole nitrogens is 1. The first-order valence-corrected chi connectivity index (χ1v) is 6.18. The molecule has 1 N–H and O–H groups in total. The number of aromatic amines is 1. The molecule has 0 atom stereocenters. The van der Waals surface area contributed by atoms with E-state index in [1.54, 1.807) is 6.20 Å². The first kappa shape index (κ1) is 11.6. The Hall–Kier alpha value is -0.880. The van der Waals surface area contributed by atoms with Crippen molar-refractivity contribution in [3.63, 3.8) is 0 Å². The van der Waals surface area contributed by atoms with Gasteiger partial charge in [-0.3, -0.25) is 3.11 Å². The number of hydrogen-bond donors (Lipinski definition) is 1. The third-order valence-electron chi connectivity index (χ3n) is 2.46. The summed E-state index contributed by atoms with van der Waals surface area (Å²) >= 11 is 2.30. The maximum absolute atomic E-state index is 4.30. The molecule has 1 aromatic carbocycles. The predicted molar refractivity (Wildman–Crippen MR) is 74.4 cm³/mol. The van der Waals surface area contributed by atoms with Crippen molar-refractivity contribution >= 4 is 22.9 Å². The van der Waals surface area contributed by atoms with Crippen molar-refractivity contribution in [1.29, 1.82) is 0 Å². The minimum absolute atomic E-state index is 0.951. The van der Waals surface area contributed by atoms with Gasteiger partial charge in [0.25, 0.3) is 0 Å². The lowest BCUT2D eigenvalue weighted by atomic mass is 10.0. The van der Waals surface area contributed by atoms with Crippen LogP contribution in [0.4, 0.5) is 0 Å². The third kappa shape index (κ3) is 2.82. The summed E-state index contributed by atoms with van der Waals surface area (Å²) < 4.78 is 2.16. The molecule has 0 saturated carbocycles. The van der Waals surface area contributed by atoms with E-state index in [0.717, 1.165) is 18.8 Å². The molecular formula is C12H14IN3. The summed E-state index contributed by atoms with van der Waals surface area (Å²) in [6.07, 6.45) is 4.68. The summed E-state index contributed by atoms with van der Waals surface area (Å²) in [6, 6.07) is 8.41. The standard InChI is InChI=1S/C12H14IN3/c1-16(13)9-6-10-4-2-3-5-11(10)12-14-7-8-15-12/h2-5,7-8H,6,9H2,1H3,(H,14,15). The maximum Gasteiger partial charge on any atom is 0.137 e. The number of hydrogen-bond acceptors (Lipinski definition) is 2. The number of likely N-dealkylation sites (N-methyl/N-ethyl adjacent to an activating group) is 1. The molecule has 0 saturated heterocycles. The van der Waals surface area contributed by atoms with Gasteiger partial charge in [-0.05, 0) is 19.0 Å². The maximum atomic E-state index is 4.30. The average molecular weight is 327 g/mol. The first-order valence-electron chi connectivity index (χ1n) is 5.22. The van der Waals surface area contributed by atoms with Gasteiger partial charge in [0.15, 0.2) is 0 Å². The lowest BCUT2D eigenvalue weighted by molar-refractivity contribution is 0.611. The Kier molecular flexibility index (Phi) is 3.95. The smallest absolute Gasteiger partial charge is 0.137 e. The normalized spacial score (nSPS) is 10.9. The van der Waals surface area contributed by atoms with Gasteiger partial charge in [-0.1, -0.05) is 24.3 Å². The Morgan fingerprint density at radius 1 is 1.38 bits per heavy atom. The van der Waals surface area contributed by atoms with Crippen molar-refractivity contribution in [2.45, 2.75) is 6.42 Å². The Morgan fingerprint density at radius 3 is 2.88 bits per heavy atom. The molecule has 2 aromatic rings. The SMILES string of the molecule is CN(I)CCc1ccccc1-c1ncc[nH]1. The van der Waals surface area contributed by atoms with E-state index >= 15 is 0 Å². The zero-order valence-corrected chi connectivity index (χ0v) is 11.3. The summed E-state index contributed by atoms with van der Waals surface area (Å²) in [5, 5.41) is 0. The van der Waals surface area contributed by atoms with Crippen molar-refractivity contribution in [1.82, 2.24) is 13.1 Å². The van der Waals surface area contributed by atoms with Crippen LogP contribution < -0.4 is 0 Å². The fraction of sp³-hybridized carbons (Fsp3) is 0.250. The van der Waals surface area contributed by atoms with Gasteiger partial charge in [0.2, 0.25) is 0 Å². The summed E-state index contributed by atoms with van der Waals surface area (Å²) in [4.78, 5) is 7.46. The molecule has 0 radical (unpaired) electrons. The highest BCUT2D eigenvalue weighted by atomic mass is 127. The molecule has 16 heavy (non-hydrogen) atoms. The van der Waals surface area contributed by atoms with Crippen LogP contribution in [0.3, 0.4) is 0 Å². The quantitative estimate of drug-likeness (QED) is 0.692.